The minimum absolute atomic E-state index is 0.0684. The van der Waals surface area contributed by atoms with Crippen molar-refractivity contribution in [2.75, 3.05) is 35.8 Å². The maximum atomic E-state index is 11.5. The Balaban J connectivity index is 2.26. The molecule has 3 N–H and O–H groups in total. The molecule has 0 aliphatic carbocycles. The van der Waals surface area contributed by atoms with E-state index in [9.17, 15) is 13.2 Å². The summed E-state index contributed by atoms with van der Waals surface area (Å²) in [6, 6.07) is 2.94. The van der Waals surface area contributed by atoms with Gasteiger partial charge in [0.1, 0.15) is 15.9 Å². The quantitative estimate of drug-likeness (QED) is 0.830. The van der Waals surface area contributed by atoms with Crippen LogP contribution < -0.4 is 16.0 Å². The first-order chi connectivity index (χ1) is 9.19. The molecule has 1 atom stereocenters. The van der Waals surface area contributed by atoms with Gasteiger partial charge < -0.3 is 16.0 Å². The van der Waals surface area contributed by atoms with E-state index in [-0.39, 0.29) is 11.7 Å². The van der Waals surface area contributed by atoms with Crippen LogP contribution in [0.5, 0.6) is 0 Å². The Bertz CT molecular complexity index is 660. The van der Waals surface area contributed by atoms with Crippen LogP contribution in [0.25, 0.3) is 0 Å². The van der Waals surface area contributed by atoms with E-state index < -0.39 is 15.9 Å². The van der Waals surface area contributed by atoms with Gasteiger partial charge in [0.05, 0.1) is 11.4 Å². The Kier molecular flexibility index (Phi) is 4.08. The van der Waals surface area contributed by atoms with Gasteiger partial charge >= 0.3 is 0 Å². The van der Waals surface area contributed by atoms with E-state index in [0.717, 1.165) is 15.7 Å². The number of benzene rings is 1. The van der Waals surface area contributed by atoms with Crippen LogP contribution in [0.2, 0.25) is 0 Å². The Morgan fingerprint density at radius 3 is 2.70 bits per heavy atom. The van der Waals surface area contributed by atoms with Crippen LogP contribution in [0.15, 0.2) is 16.6 Å². The monoisotopic (exact) mass is 361 g/mol. The van der Waals surface area contributed by atoms with Crippen molar-refractivity contribution in [3.63, 3.8) is 0 Å². The summed E-state index contributed by atoms with van der Waals surface area (Å²) in [6.07, 6.45) is 1.21. The van der Waals surface area contributed by atoms with Crippen LogP contribution in [0.3, 0.4) is 0 Å². The van der Waals surface area contributed by atoms with Crippen molar-refractivity contribution in [3.05, 3.63) is 22.2 Å². The second-order valence-corrected chi connectivity index (χ2v) is 8.02. The van der Waals surface area contributed by atoms with Crippen LogP contribution in [0.4, 0.5) is 11.4 Å². The van der Waals surface area contributed by atoms with E-state index in [1.165, 1.54) is 6.26 Å². The molecule has 1 aliphatic heterocycles. The zero-order valence-corrected chi connectivity index (χ0v) is 13.6. The molecule has 0 spiro atoms. The first-order valence-corrected chi connectivity index (χ1v) is 8.83. The molecule has 1 aromatic carbocycles. The summed E-state index contributed by atoms with van der Waals surface area (Å²) in [5.74, 6) is -0.165. The van der Waals surface area contributed by atoms with Crippen LogP contribution in [0.1, 0.15) is 11.6 Å². The standard InChI is InChI=1S/C12H16BrN3O3S/c1-16(3-4-20(2,18)19)10-6-9-7(5-8(10)13)11(14)12(17)15-9/h5-6,11H,3-4,14H2,1-2H3,(H,15,17). The van der Waals surface area contributed by atoms with Crippen molar-refractivity contribution < 1.29 is 13.2 Å². The van der Waals surface area contributed by atoms with Gasteiger partial charge in [-0.1, -0.05) is 0 Å². The number of rotatable bonds is 4. The lowest BCUT2D eigenvalue weighted by Gasteiger charge is -2.21. The Hall–Kier alpha value is -1.12. The molecule has 110 valence electrons. The molecule has 1 unspecified atom stereocenters. The first kappa shape index (κ1) is 15.3. The SMILES string of the molecule is CN(CCS(C)(=O)=O)c1cc2c(cc1Br)C(N)C(=O)N2. The number of hydrogen-bond acceptors (Lipinski definition) is 5. The molecule has 0 fully saturated rings. The van der Waals surface area contributed by atoms with Gasteiger partial charge in [-0.05, 0) is 28.1 Å². The molecule has 0 saturated heterocycles. The number of fused-ring (bicyclic) bond motifs is 1. The van der Waals surface area contributed by atoms with E-state index in [2.05, 4.69) is 21.2 Å². The highest BCUT2D eigenvalue weighted by atomic mass is 79.9. The molecular weight excluding hydrogens is 346 g/mol. The number of sulfone groups is 1. The van der Waals surface area contributed by atoms with Crippen molar-refractivity contribution in [1.29, 1.82) is 0 Å². The molecular formula is C12H16BrN3O3S. The highest BCUT2D eigenvalue weighted by Crippen LogP contribution is 2.37. The lowest BCUT2D eigenvalue weighted by molar-refractivity contribution is -0.116. The predicted octanol–water partition coefficient (Wildman–Crippen LogP) is 0.882. The largest absolute Gasteiger partial charge is 0.373 e. The van der Waals surface area contributed by atoms with E-state index in [1.807, 2.05) is 4.90 Å². The molecule has 2 rings (SSSR count). The zero-order valence-electron chi connectivity index (χ0n) is 11.2. The van der Waals surface area contributed by atoms with Gasteiger partial charge in [0.2, 0.25) is 5.91 Å². The number of anilines is 2. The Morgan fingerprint density at radius 1 is 1.45 bits per heavy atom. The molecule has 1 amide bonds. The Morgan fingerprint density at radius 2 is 2.10 bits per heavy atom. The molecule has 1 heterocycles. The molecule has 0 bridgehead atoms. The number of carbonyl (C=O) groups excluding carboxylic acids is 1. The second-order valence-electron chi connectivity index (χ2n) is 4.91. The maximum Gasteiger partial charge on any atom is 0.245 e. The van der Waals surface area contributed by atoms with Crippen molar-refractivity contribution in [1.82, 2.24) is 0 Å². The third-order valence-electron chi connectivity index (χ3n) is 3.20. The summed E-state index contributed by atoms with van der Waals surface area (Å²) in [5, 5.41) is 2.71. The highest BCUT2D eigenvalue weighted by molar-refractivity contribution is 9.10. The van der Waals surface area contributed by atoms with Crippen LogP contribution >= 0.6 is 15.9 Å². The lowest BCUT2D eigenvalue weighted by atomic mass is 10.1. The van der Waals surface area contributed by atoms with Gasteiger partial charge in [0.15, 0.2) is 0 Å². The molecule has 1 aromatic rings. The second kappa shape index (κ2) is 5.34. The number of amides is 1. The molecule has 6 nitrogen and oxygen atoms in total. The van der Waals surface area contributed by atoms with Gasteiger partial charge in [-0.25, -0.2) is 8.42 Å². The third-order valence-corrected chi connectivity index (χ3v) is 4.76. The topological polar surface area (TPSA) is 92.5 Å². The van der Waals surface area contributed by atoms with E-state index in [1.54, 1.807) is 19.2 Å². The minimum atomic E-state index is -3.02. The number of carbonyl (C=O) groups is 1. The summed E-state index contributed by atoms with van der Waals surface area (Å²) in [7, 11) is -1.22. The fourth-order valence-electron chi connectivity index (χ4n) is 2.01. The van der Waals surface area contributed by atoms with Crippen LogP contribution in [0, 0.1) is 0 Å². The van der Waals surface area contributed by atoms with E-state index >= 15 is 0 Å². The number of nitrogens with two attached hydrogens (primary N) is 1. The van der Waals surface area contributed by atoms with Gasteiger partial charge in [0, 0.05) is 35.6 Å². The van der Waals surface area contributed by atoms with Gasteiger partial charge in [-0.3, -0.25) is 4.79 Å². The molecule has 0 saturated carbocycles. The Labute approximate surface area is 126 Å². The van der Waals surface area contributed by atoms with Crippen molar-refractivity contribution in [2.45, 2.75) is 6.04 Å². The molecule has 1 aliphatic rings. The summed E-state index contributed by atoms with van der Waals surface area (Å²) in [6.45, 7) is 0.371. The molecule has 8 heteroatoms. The summed E-state index contributed by atoms with van der Waals surface area (Å²) < 4.78 is 23.2. The fourth-order valence-corrected chi connectivity index (χ4v) is 3.28. The molecule has 0 aromatic heterocycles. The number of nitrogens with zero attached hydrogens (tertiary/aromatic N) is 1. The lowest BCUT2D eigenvalue weighted by Crippen LogP contribution is -2.25. The first-order valence-electron chi connectivity index (χ1n) is 5.98. The van der Waals surface area contributed by atoms with Crippen molar-refractivity contribution in [2.24, 2.45) is 5.73 Å². The number of halogens is 1. The van der Waals surface area contributed by atoms with Gasteiger partial charge in [0.25, 0.3) is 0 Å². The van der Waals surface area contributed by atoms with Gasteiger partial charge in [-0.15, -0.1) is 0 Å². The predicted molar refractivity (Wildman–Crippen MR) is 82.7 cm³/mol. The molecule has 0 radical (unpaired) electrons. The minimum Gasteiger partial charge on any atom is -0.373 e. The van der Waals surface area contributed by atoms with Crippen molar-refractivity contribution in [3.8, 4) is 0 Å². The molecule has 20 heavy (non-hydrogen) atoms. The average Bonchev–Trinajstić information content (AvgIpc) is 2.61. The van der Waals surface area contributed by atoms with Crippen LogP contribution in [-0.4, -0.2) is 39.9 Å². The van der Waals surface area contributed by atoms with E-state index in [0.29, 0.717) is 12.2 Å². The zero-order chi connectivity index (χ0) is 15.1. The maximum absolute atomic E-state index is 11.5. The van der Waals surface area contributed by atoms with Gasteiger partial charge in [-0.2, -0.15) is 0 Å². The third kappa shape index (κ3) is 3.13. The highest BCUT2D eigenvalue weighted by Gasteiger charge is 2.28. The summed E-state index contributed by atoms with van der Waals surface area (Å²) in [5.41, 5.74) is 7.99. The van der Waals surface area contributed by atoms with Crippen LogP contribution in [-0.2, 0) is 14.6 Å². The average molecular weight is 362 g/mol. The normalized spacial score (nSPS) is 17.8. The fraction of sp³-hybridized carbons (Fsp3) is 0.417. The number of nitrogens with one attached hydrogen (secondary N) is 1. The van der Waals surface area contributed by atoms with Crippen molar-refractivity contribution >= 4 is 43.0 Å². The van der Waals surface area contributed by atoms with E-state index in [4.69, 9.17) is 5.73 Å². The number of hydrogen-bond donors (Lipinski definition) is 2. The summed E-state index contributed by atoms with van der Waals surface area (Å²) in [4.78, 5) is 13.4. The summed E-state index contributed by atoms with van der Waals surface area (Å²) >= 11 is 3.43. The smallest absolute Gasteiger partial charge is 0.245 e.